The first-order chi connectivity index (χ1) is 11.0. The summed E-state index contributed by atoms with van der Waals surface area (Å²) in [6.45, 7) is 3.03. The van der Waals surface area contributed by atoms with Gasteiger partial charge >= 0.3 is 0 Å². The van der Waals surface area contributed by atoms with Crippen LogP contribution < -0.4 is 5.32 Å². The van der Waals surface area contributed by atoms with Crippen LogP contribution in [-0.2, 0) is 10.0 Å². The van der Waals surface area contributed by atoms with Gasteiger partial charge in [0, 0.05) is 18.8 Å². The normalized spacial score (nSPS) is 15.7. The number of sulfonamides is 1. The maximum atomic E-state index is 12.5. The fourth-order valence-electron chi connectivity index (χ4n) is 2.53. The van der Waals surface area contributed by atoms with Gasteiger partial charge in [-0.1, -0.05) is 18.2 Å². The number of anilines is 1. The van der Waals surface area contributed by atoms with Crippen molar-refractivity contribution in [3.05, 3.63) is 46.8 Å². The van der Waals surface area contributed by atoms with Crippen LogP contribution in [0.15, 0.2) is 40.6 Å². The van der Waals surface area contributed by atoms with E-state index < -0.39 is 10.0 Å². The van der Waals surface area contributed by atoms with Crippen molar-refractivity contribution in [2.45, 2.75) is 24.0 Å². The smallest absolute Gasteiger partial charge is 0.265 e. The number of para-hydroxylation sites is 1. The van der Waals surface area contributed by atoms with Gasteiger partial charge in [-0.05, 0) is 43.5 Å². The summed E-state index contributed by atoms with van der Waals surface area (Å²) >= 11 is 1.02. The van der Waals surface area contributed by atoms with Gasteiger partial charge in [0.1, 0.15) is 4.21 Å². The van der Waals surface area contributed by atoms with Crippen molar-refractivity contribution in [3.63, 3.8) is 0 Å². The highest BCUT2D eigenvalue weighted by atomic mass is 32.2. The van der Waals surface area contributed by atoms with Gasteiger partial charge in [-0.2, -0.15) is 4.31 Å². The van der Waals surface area contributed by atoms with E-state index in [2.05, 4.69) is 5.32 Å². The van der Waals surface area contributed by atoms with Gasteiger partial charge in [-0.3, -0.25) is 4.79 Å². The second kappa shape index (κ2) is 6.43. The number of nitrogens with zero attached hydrogens (tertiary/aromatic N) is 1. The van der Waals surface area contributed by atoms with Gasteiger partial charge < -0.3 is 5.32 Å². The Labute approximate surface area is 140 Å². The predicted molar refractivity (Wildman–Crippen MR) is 91.4 cm³/mol. The average molecular weight is 350 g/mol. The topological polar surface area (TPSA) is 66.5 Å². The minimum absolute atomic E-state index is 0.231. The van der Waals surface area contributed by atoms with E-state index in [-0.39, 0.29) is 10.1 Å². The second-order valence-electron chi connectivity index (χ2n) is 5.50. The zero-order chi connectivity index (χ0) is 16.4. The molecular formula is C16H18N2O3S2. The summed E-state index contributed by atoms with van der Waals surface area (Å²) in [7, 11) is -3.46. The summed E-state index contributed by atoms with van der Waals surface area (Å²) in [6.07, 6.45) is 1.79. The van der Waals surface area contributed by atoms with Gasteiger partial charge in [0.2, 0.25) is 0 Å². The highest BCUT2D eigenvalue weighted by molar-refractivity contribution is 7.91. The quantitative estimate of drug-likeness (QED) is 0.921. The van der Waals surface area contributed by atoms with E-state index in [1.54, 1.807) is 6.07 Å². The Morgan fingerprint density at radius 1 is 1.13 bits per heavy atom. The Kier molecular flexibility index (Phi) is 4.52. The number of benzene rings is 1. The average Bonchev–Trinajstić information content (AvgIpc) is 3.21. The van der Waals surface area contributed by atoms with Crippen molar-refractivity contribution >= 4 is 33.0 Å². The summed E-state index contributed by atoms with van der Waals surface area (Å²) in [4.78, 5) is 12.7. The van der Waals surface area contributed by atoms with Gasteiger partial charge in [-0.25, -0.2) is 8.42 Å². The molecule has 0 atom stereocenters. The maximum absolute atomic E-state index is 12.5. The highest BCUT2D eigenvalue weighted by Gasteiger charge is 2.29. The van der Waals surface area contributed by atoms with Crippen LogP contribution in [0.3, 0.4) is 0 Å². The molecule has 7 heteroatoms. The van der Waals surface area contributed by atoms with Crippen molar-refractivity contribution in [1.82, 2.24) is 4.31 Å². The lowest BCUT2D eigenvalue weighted by molar-refractivity contribution is 0.103. The Bertz CT molecular complexity index is 821. The van der Waals surface area contributed by atoms with Gasteiger partial charge in [-0.15, -0.1) is 11.3 Å². The molecule has 0 bridgehead atoms. The fourth-order valence-corrected chi connectivity index (χ4v) is 5.41. The molecule has 1 aromatic heterocycles. The Morgan fingerprint density at radius 3 is 2.52 bits per heavy atom. The van der Waals surface area contributed by atoms with Crippen LogP contribution in [0.1, 0.15) is 28.1 Å². The highest BCUT2D eigenvalue weighted by Crippen LogP contribution is 2.28. The molecule has 1 aromatic carbocycles. The molecule has 1 amide bonds. The lowest BCUT2D eigenvalue weighted by Crippen LogP contribution is -2.27. The third kappa shape index (κ3) is 3.31. The van der Waals surface area contributed by atoms with Crippen LogP contribution in [0.5, 0.6) is 0 Å². The lowest BCUT2D eigenvalue weighted by Gasteiger charge is -2.13. The molecule has 1 saturated heterocycles. The van der Waals surface area contributed by atoms with Crippen molar-refractivity contribution in [3.8, 4) is 0 Å². The number of hydrogen-bond donors (Lipinski definition) is 1. The third-order valence-corrected chi connectivity index (χ3v) is 7.31. The molecule has 0 radical (unpaired) electrons. The van der Waals surface area contributed by atoms with Crippen LogP contribution >= 0.6 is 11.3 Å². The minimum Gasteiger partial charge on any atom is -0.321 e. The van der Waals surface area contributed by atoms with E-state index in [4.69, 9.17) is 0 Å². The molecule has 1 N–H and O–H groups in total. The van der Waals surface area contributed by atoms with E-state index in [0.29, 0.717) is 18.0 Å². The Hall–Kier alpha value is -1.70. The predicted octanol–water partition coefficient (Wildman–Crippen LogP) is 3.09. The number of amides is 1. The van der Waals surface area contributed by atoms with Crippen LogP contribution in [0.2, 0.25) is 0 Å². The molecule has 2 aromatic rings. The van der Waals surface area contributed by atoms with E-state index in [0.717, 1.165) is 35.4 Å². The van der Waals surface area contributed by atoms with E-state index in [9.17, 15) is 13.2 Å². The number of thiophene rings is 1. The number of nitrogens with one attached hydrogen (secondary N) is 1. The molecule has 2 heterocycles. The first-order valence-electron chi connectivity index (χ1n) is 7.45. The number of aryl methyl sites for hydroxylation is 1. The molecule has 5 nitrogen and oxygen atoms in total. The molecular weight excluding hydrogens is 332 g/mol. The van der Waals surface area contributed by atoms with E-state index in [1.165, 1.54) is 10.4 Å². The van der Waals surface area contributed by atoms with Crippen LogP contribution in [0.4, 0.5) is 5.69 Å². The summed E-state index contributed by atoms with van der Waals surface area (Å²) < 4.78 is 26.7. The van der Waals surface area contributed by atoms with Crippen molar-refractivity contribution < 1.29 is 13.2 Å². The van der Waals surface area contributed by atoms with Crippen LogP contribution in [-0.4, -0.2) is 31.7 Å². The van der Waals surface area contributed by atoms with Crippen LogP contribution in [0, 0.1) is 6.92 Å². The molecule has 0 saturated carbocycles. The largest absolute Gasteiger partial charge is 0.321 e. The molecule has 3 rings (SSSR count). The first-order valence-corrected chi connectivity index (χ1v) is 9.71. The molecule has 23 heavy (non-hydrogen) atoms. The van der Waals surface area contributed by atoms with Crippen molar-refractivity contribution in [2.75, 3.05) is 18.4 Å². The monoisotopic (exact) mass is 350 g/mol. The molecule has 1 fully saturated rings. The first kappa shape index (κ1) is 16.2. The molecule has 0 unspecified atom stereocenters. The lowest BCUT2D eigenvalue weighted by atomic mass is 10.2. The van der Waals surface area contributed by atoms with Gasteiger partial charge in [0.15, 0.2) is 0 Å². The molecule has 122 valence electrons. The van der Waals surface area contributed by atoms with Gasteiger partial charge in [0.25, 0.3) is 15.9 Å². The Balaban J connectivity index is 1.79. The molecule has 1 aliphatic heterocycles. The van der Waals surface area contributed by atoms with Gasteiger partial charge in [0.05, 0.1) is 4.88 Å². The van der Waals surface area contributed by atoms with Crippen LogP contribution in [0.25, 0.3) is 0 Å². The van der Waals surface area contributed by atoms with Crippen molar-refractivity contribution in [2.24, 2.45) is 0 Å². The Morgan fingerprint density at radius 2 is 1.83 bits per heavy atom. The fraction of sp³-hybridized carbons (Fsp3) is 0.312. The number of hydrogen-bond acceptors (Lipinski definition) is 4. The van der Waals surface area contributed by atoms with E-state index in [1.807, 2.05) is 31.2 Å². The SMILES string of the molecule is Cc1ccccc1NC(=O)c1ccc(S(=O)(=O)N2CCCC2)s1. The molecule has 1 aliphatic rings. The van der Waals surface area contributed by atoms with E-state index >= 15 is 0 Å². The zero-order valence-electron chi connectivity index (χ0n) is 12.8. The third-order valence-electron chi connectivity index (χ3n) is 3.86. The number of carbonyl (C=O) groups excluding carboxylic acids is 1. The molecule has 0 spiro atoms. The second-order valence-corrected chi connectivity index (χ2v) is 8.75. The maximum Gasteiger partial charge on any atom is 0.265 e. The standard InChI is InChI=1S/C16H18N2O3S2/c1-12-6-2-3-7-13(12)17-16(19)14-8-9-15(22-14)23(20,21)18-10-4-5-11-18/h2-3,6-9H,4-5,10-11H2,1H3,(H,17,19). The summed E-state index contributed by atoms with van der Waals surface area (Å²) in [6, 6.07) is 10.6. The summed E-state index contributed by atoms with van der Waals surface area (Å²) in [5.41, 5.74) is 1.69. The zero-order valence-corrected chi connectivity index (χ0v) is 14.4. The summed E-state index contributed by atoms with van der Waals surface area (Å²) in [5.74, 6) is -0.285. The summed E-state index contributed by atoms with van der Waals surface area (Å²) in [5, 5.41) is 2.82. The van der Waals surface area contributed by atoms with Crippen molar-refractivity contribution in [1.29, 1.82) is 0 Å². The number of rotatable bonds is 4. The molecule has 0 aliphatic carbocycles. The minimum atomic E-state index is -3.46. The number of carbonyl (C=O) groups is 1.